The number of nitrogens with zero attached hydrogens (tertiary/aromatic N) is 2. The largest absolute Gasteiger partial charge is 0.350 e. The second-order valence-corrected chi connectivity index (χ2v) is 8.69. The van der Waals surface area contributed by atoms with Crippen LogP contribution in [0.25, 0.3) is 10.9 Å². The van der Waals surface area contributed by atoms with Crippen molar-refractivity contribution >= 4 is 34.5 Å². The van der Waals surface area contributed by atoms with Crippen LogP contribution in [0.15, 0.2) is 59.6 Å². The fraction of sp³-hybridized carbons (Fsp3) is 0.333. The normalized spacial score (nSPS) is 14.0. The van der Waals surface area contributed by atoms with Crippen LogP contribution in [0.3, 0.4) is 0 Å². The van der Waals surface area contributed by atoms with E-state index in [0.717, 1.165) is 41.7 Å². The van der Waals surface area contributed by atoms with Crippen LogP contribution in [0.1, 0.15) is 29.6 Å². The van der Waals surface area contributed by atoms with Crippen molar-refractivity contribution in [2.24, 2.45) is 0 Å². The van der Waals surface area contributed by atoms with Gasteiger partial charge in [-0.25, -0.2) is 4.39 Å². The van der Waals surface area contributed by atoms with Gasteiger partial charge < -0.3 is 14.8 Å². The standard InChI is InChI=1S/C24H26FN3O2S/c25-20-10-4-2-8-18(20)24(30)26-12-15-28-16-22(19-9-3-5-11-21(19)28)31-17-23(29)27-13-6-1-7-14-27/h2-5,8-11,16H,1,6-7,12-15,17H2,(H,26,30). The molecule has 5 nitrogen and oxygen atoms in total. The Morgan fingerprint density at radius 2 is 1.74 bits per heavy atom. The fourth-order valence-electron chi connectivity index (χ4n) is 3.92. The molecule has 2 heterocycles. The first kappa shape index (κ1) is 21.4. The number of benzene rings is 2. The number of piperidine rings is 1. The summed E-state index contributed by atoms with van der Waals surface area (Å²) in [6.07, 6.45) is 5.43. The Bertz CT molecular complexity index is 1080. The van der Waals surface area contributed by atoms with E-state index in [1.165, 1.54) is 18.6 Å². The fourth-order valence-corrected chi connectivity index (χ4v) is 4.91. The first-order chi connectivity index (χ1) is 15.1. The van der Waals surface area contributed by atoms with E-state index in [9.17, 15) is 14.0 Å². The number of thioether (sulfide) groups is 1. The predicted molar refractivity (Wildman–Crippen MR) is 122 cm³/mol. The highest BCUT2D eigenvalue weighted by Gasteiger charge is 2.18. The van der Waals surface area contributed by atoms with Crippen molar-refractivity contribution in [3.05, 3.63) is 66.1 Å². The van der Waals surface area contributed by atoms with Crippen LogP contribution in [0, 0.1) is 5.82 Å². The zero-order valence-electron chi connectivity index (χ0n) is 17.4. The zero-order chi connectivity index (χ0) is 21.6. The first-order valence-electron chi connectivity index (χ1n) is 10.6. The molecule has 0 radical (unpaired) electrons. The number of fused-ring (bicyclic) bond motifs is 1. The van der Waals surface area contributed by atoms with Gasteiger partial charge in [-0.15, -0.1) is 11.8 Å². The molecule has 0 atom stereocenters. The maximum absolute atomic E-state index is 13.8. The van der Waals surface area contributed by atoms with Gasteiger partial charge in [0.1, 0.15) is 5.82 Å². The lowest BCUT2D eigenvalue weighted by Gasteiger charge is -2.26. The van der Waals surface area contributed by atoms with Crippen LogP contribution >= 0.6 is 11.8 Å². The quantitative estimate of drug-likeness (QED) is 0.558. The second kappa shape index (κ2) is 10.0. The number of nitrogens with one attached hydrogen (secondary N) is 1. The molecule has 2 aromatic carbocycles. The molecule has 1 N–H and O–H groups in total. The minimum absolute atomic E-state index is 0.0485. The Hall–Kier alpha value is -2.80. The number of rotatable bonds is 7. The third-order valence-electron chi connectivity index (χ3n) is 5.57. The van der Waals surface area contributed by atoms with Crippen LogP contribution < -0.4 is 5.32 Å². The van der Waals surface area contributed by atoms with E-state index in [1.807, 2.05) is 29.3 Å². The minimum atomic E-state index is -0.525. The van der Waals surface area contributed by atoms with E-state index in [1.54, 1.807) is 23.9 Å². The number of aromatic nitrogens is 1. The van der Waals surface area contributed by atoms with Gasteiger partial charge >= 0.3 is 0 Å². The number of likely N-dealkylation sites (tertiary alicyclic amines) is 1. The SMILES string of the molecule is O=C(NCCn1cc(SCC(=O)N2CCCCC2)c2ccccc21)c1ccccc1F. The highest BCUT2D eigenvalue weighted by Crippen LogP contribution is 2.30. The summed E-state index contributed by atoms with van der Waals surface area (Å²) < 4.78 is 15.9. The van der Waals surface area contributed by atoms with Crippen molar-refractivity contribution < 1.29 is 14.0 Å². The number of amides is 2. The van der Waals surface area contributed by atoms with E-state index < -0.39 is 11.7 Å². The Balaban J connectivity index is 1.40. The summed E-state index contributed by atoms with van der Waals surface area (Å²) in [5, 5.41) is 3.88. The van der Waals surface area contributed by atoms with Gasteiger partial charge in [-0.2, -0.15) is 0 Å². The lowest BCUT2D eigenvalue weighted by Crippen LogP contribution is -2.36. The van der Waals surface area contributed by atoms with Crippen molar-refractivity contribution in [3.8, 4) is 0 Å². The van der Waals surface area contributed by atoms with Crippen LogP contribution in [0.2, 0.25) is 0 Å². The van der Waals surface area contributed by atoms with Gasteiger partial charge in [-0.05, 0) is 37.5 Å². The summed E-state index contributed by atoms with van der Waals surface area (Å²) in [6.45, 7) is 2.66. The first-order valence-corrected chi connectivity index (χ1v) is 11.6. The van der Waals surface area contributed by atoms with E-state index in [-0.39, 0.29) is 11.5 Å². The maximum atomic E-state index is 13.8. The van der Waals surface area contributed by atoms with Gasteiger partial charge in [0.2, 0.25) is 5.91 Å². The summed E-state index contributed by atoms with van der Waals surface area (Å²) in [6, 6.07) is 14.0. The lowest BCUT2D eigenvalue weighted by molar-refractivity contribution is -0.129. The number of halogens is 1. The molecule has 1 aromatic heterocycles. The molecular weight excluding hydrogens is 413 g/mol. The summed E-state index contributed by atoms with van der Waals surface area (Å²) in [5.74, 6) is -0.323. The molecule has 0 saturated carbocycles. The van der Waals surface area contributed by atoms with Gasteiger partial charge in [0.15, 0.2) is 0 Å². The number of carbonyl (C=O) groups excluding carboxylic acids is 2. The summed E-state index contributed by atoms with van der Waals surface area (Å²) in [7, 11) is 0. The Morgan fingerprint density at radius 3 is 2.55 bits per heavy atom. The number of para-hydroxylation sites is 1. The molecule has 31 heavy (non-hydrogen) atoms. The second-order valence-electron chi connectivity index (χ2n) is 7.67. The van der Waals surface area contributed by atoms with E-state index in [0.29, 0.717) is 18.8 Å². The predicted octanol–water partition coefficient (Wildman–Crippen LogP) is 4.32. The highest BCUT2D eigenvalue weighted by atomic mass is 32.2. The third-order valence-corrected chi connectivity index (χ3v) is 6.60. The minimum Gasteiger partial charge on any atom is -0.350 e. The molecule has 1 aliphatic heterocycles. The van der Waals surface area contributed by atoms with Crippen LogP contribution in [-0.2, 0) is 11.3 Å². The summed E-state index contributed by atoms with van der Waals surface area (Å²) >= 11 is 1.56. The maximum Gasteiger partial charge on any atom is 0.254 e. The average molecular weight is 440 g/mol. The molecule has 0 bridgehead atoms. The highest BCUT2D eigenvalue weighted by molar-refractivity contribution is 8.00. The van der Waals surface area contributed by atoms with E-state index in [2.05, 4.69) is 16.0 Å². The molecule has 0 unspecified atom stereocenters. The van der Waals surface area contributed by atoms with Crippen LogP contribution in [-0.4, -0.2) is 46.7 Å². The van der Waals surface area contributed by atoms with Crippen LogP contribution in [0.5, 0.6) is 0 Å². The summed E-state index contributed by atoms with van der Waals surface area (Å²) in [4.78, 5) is 27.8. The average Bonchev–Trinajstić information content (AvgIpc) is 3.16. The van der Waals surface area contributed by atoms with E-state index in [4.69, 9.17) is 0 Å². The molecule has 0 aliphatic carbocycles. The molecule has 0 spiro atoms. The number of hydrogen-bond acceptors (Lipinski definition) is 3. The Labute approximate surface area is 185 Å². The topological polar surface area (TPSA) is 54.3 Å². The molecule has 7 heteroatoms. The summed E-state index contributed by atoms with van der Waals surface area (Å²) in [5.41, 5.74) is 1.10. The molecule has 1 fully saturated rings. The monoisotopic (exact) mass is 439 g/mol. The van der Waals surface area contributed by atoms with Gasteiger partial charge in [0.05, 0.1) is 11.3 Å². The number of hydrogen-bond donors (Lipinski definition) is 1. The van der Waals surface area contributed by atoms with Crippen molar-refractivity contribution in [2.45, 2.75) is 30.7 Å². The third kappa shape index (κ3) is 5.10. The van der Waals surface area contributed by atoms with Gasteiger partial charge in [0, 0.05) is 48.2 Å². The molecule has 1 saturated heterocycles. The molecule has 1 aliphatic rings. The van der Waals surface area contributed by atoms with Crippen molar-refractivity contribution in [1.29, 1.82) is 0 Å². The van der Waals surface area contributed by atoms with Gasteiger partial charge in [-0.1, -0.05) is 30.3 Å². The van der Waals surface area contributed by atoms with Crippen LogP contribution in [0.4, 0.5) is 4.39 Å². The molecular formula is C24H26FN3O2S. The molecule has 4 rings (SSSR count). The Kier molecular flexibility index (Phi) is 6.92. The smallest absolute Gasteiger partial charge is 0.254 e. The molecule has 2 amide bonds. The molecule has 3 aromatic rings. The molecule has 162 valence electrons. The lowest BCUT2D eigenvalue weighted by atomic mass is 10.1. The van der Waals surface area contributed by atoms with Crippen molar-refractivity contribution in [3.63, 3.8) is 0 Å². The Morgan fingerprint density at radius 1 is 1.00 bits per heavy atom. The van der Waals surface area contributed by atoms with Gasteiger partial charge in [0.25, 0.3) is 5.91 Å². The van der Waals surface area contributed by atoms with E-state index >= 15 is 0 Å². The zero-order valence-corrected chi connectivity index (χ0v) is 18.2. The van der Waals surface area contributed by atoms with Crippen molar-refractivity contribution in [2.75, 3.05) is 25.4 Å². The van der Waals surface area contributed by atoms with Crippen molar-refractivity contribution in [1.82, 2.24) is 14.8 Å². The number of carbonyl (C=O) groups is 2. The van der Waals surface area contributed by atoms with Gasteiger partial charge in [-0.3, -0.25) is 9.59 Å².